The van der Waals surface area contributed by atoms with E-state index in [2.05, 4.69) is 66.1 Å². The van der Waals surface area contributed by atoms with Crippen LogP contribution in [-0.4, -0.2) is 22.6 Å². The van der Waals surface area contributed by atoms with Crippen molar-refractivity contribution >= 4 is 11.0 Å². The number of aryl methyl sites for hydroxylation is 1. The standard InChI is InChI=1S/C17H25N3/c1-14(2)13-18-12-8-4-5-11-17-19-15-9-6-7-10-16(15)20(17)3/h4-7,9-10,14,18H,8,11-13H2,1-3H3. The molecule has 3 nitrogen and oxygen atoms in total. The lowest BCUT2D eigenvalue weighted by atomic mass is 10.2. The molecule has 0 fully saturated rings. The van der Waals surface area contributed by atoms with Gasteiger partial charge in [-0.3, -0.25) is 0 Å². The number of hydrogen-bond acceptors (Lipinski definition) is 2. The van der Waals surface area contributed by atoms with Gasteiger partial charge in [-0.05, 0) is 37.6 Å². The van der Waals surface area contributed by atoms with E-state index >= 15 is 0 Å². The Morgan fingerprint density at radius 3 is 2.80 bits per heavy atom. The molecule has 0 aliphatic rings. The van der Waals surface area contributed by atoms with Crippen molar-refractivity contribution in [1.82, 2.24) is 14.9 Å². The van der Waals surface area contributed by atoms with Gasteiger partial charge in [-0.15, -0.1) is 0 Å². The molecule has 1 aromatic carbocycles. The Bertz CT molecular complexity index is 567. The second kappa shape index (κ2) is 7.25. The predicted octanol–water partition coefficient (Wildman–Crippen LogP) is 3.31. The zero-order chi connectivity index (χ0) is 14.4. The molecule has 3 heteroatoms. The molecule has 0 aliphatic heterocycles. The van der Waals surface area contributed by atoms with Crippen LogP contribution < -0.4 is 5.32 Å². The summed E-state index contributed by atoms with van der Waals surface area (Å²) >= 11 is 0. The number of para-hydroxylation sites is 2. The molecular weight excluding hydrogens is 246 g/mol. The largest absolute Gasteiger partial charge is 0.331 e. The van der Waals surface area contributed by atoms with E-state index in [9.17, 15) is 0 Å². The van der Waals surface area contributed by atoms with Crippen LogP contribution in [0.5, 0.6) is 0 Å². The van der Waals surface area contributed by atoms with E-state index in [1.807, 2.05) is 6.07 Å². The van der Waals surface area contributed by atoms with Crippen LogP contribution in [0.3, 0.4) is 0 Å². The van der Waals surface area contributed by atoms with Gasteiger partial charge in [0.1, 0.15) is 5.82 Å². The summed E-state index contributed by atoms with van der Waals surface area (Å²) in [5, 5.41) is 3.44. The van der Waals surface area contributed by atoms with Gasteiger partial charge in [0.25, 0.3) is 0 Å². The molecule has 0 unspecified atom stereocenters. The third-order valence-corrected chi connectivity index (χ3v) is 3.39. The van der Waals surface area contributed by atoms with Crippen molar-refractivity contribution in [2.75, 3.05) is 13.1 Å². The highest BCUT2D eigenvalue weighted by Gasteiger charge is 2.04. The zero-order valence-electron chi connectivity index (χ0n) is 12.8. The van der Waals surface area contributed by atoms with Crippen molar-refractivity contribution in [1.29, 1.82) is 0 Å². The quantitative estimate of drug-likeness (QED) is 0.618. The maximum atomic E-state index is 4.67. The van der Waals surface area contributed by atoms with Crippen LogP contribution in [0.1, 0.15) is 26.1 Å². The van der Waals surface area contributed by atoms with Gasteiger partial charge in [0.15, 0.2) is 0 Å². The Hall–Kier alpha value is -1.61. The van der Waals surface area contributed by atoms with Crippen LogP contribution in [0.2, 0.25) is 0 Å². The van der Waals surface area contributed by atoms with Gasteiger partial charge in [0.05, 0.1) is 11.0 Å². The number of aromatic nitrogens is 2. The first-order valence-electron chi connectivity index (χ1n) is 7.44. The summed E-state index contributed by atoms with van der Waals surface area (Å²) in [5.41, 5.74) is 2.28. The first-order valence-corrected chi connectivity index (χ1v) is 7.44. The fourth-order valence-corrected chi connectivity index (χ4v) is 2.26. The first-order chi connectivity index (χ1) is 9.68. The molecule has 0 radical (unpaired) electrons. The van der Waals surface area contributed by atoms with E-state index in [4.69, 9.17) is 0 Å². The van der Waals surface area contributed by atoms with Gasteiger partial charge in [0, 0.05) is 13.5 Å². The molecule has 1 heterocycles. The fraction of sp³-hybridized carbons (Fsp3) is 0.471. The summed E-state index contributed by atoms with van der Waals surface area (Å²) in [6, 6.07) is 8.28. The summed E-state index contributed by atoms with van der Waals surface area (Å²) in [4.78, 5) is 4.67. The summed E-state index contributed by atoms with van der Waals surface area (Å²) < 4.78 is 2.18. The lowest BCUT2D eigenvalue weighted by Gasteiger charge is -2.04. The summed E-state index contributed by atoms with van der Waals surface area (Å²) in [6.45, 7) is 6.61. The minimum Gasteiger partial charge on any atom is -0.331 e. The van der Waals surface area contributed by atoms with Gasteiger partial charge in [-0.25, -0.2) is 4.98 Å². The number of nitrogens with zero attached hydrogens (tertiary/aromatic N) is 2. The molecule has 2 rings (SSSR count). The van der Waals surface area contributed by atoms with Crippen molar-refractivity contribution in [3.63, 3.8) is 0 Å². The lowest BCUT2D eigenvalue weighted by Crippen LogP contribution is -2.20. The molecule has 0 aliphatic carbocycles. The maximum absolute atomic E-state index is 4.67. The lowest BCUT2D eigenvalue weighted by molar-refractivity contribution is 0.556. The molecular formula is C17H25N3. The van der Waals surface area contributed by atoms with E-state index in [0.29, 0.717) is 0 Å². The average Bonchev–Trinajstić information content (AvgIpc) is 2.75. The molecule has 0 saturated heterocycles. The van der Waals surface area contributed by atoms with Crippen molar-refractivity contribution in [2.45, 2.75) is 26.7 Å². The van der Waals surface area contributed by atoms with Gasteiger partial charge in [-0.2, -0.15) is 0 Å². The van der Waals surface area contributed by atoms with Crippen LogP contribution in [0.4, 0.5) is 0 Å². The van der Waals surface area contributed by atoms with Crippen molar-refractivity contribution in [3.05, 3.63) is 42.2 Å². The molecule has 0 bridgehead atoms. The molecule has 0 amide bonds. The number of benzene rings is 1. The normalized spacial score (nSPS) is 12.0. The smallest absolute Gasteiger partial charge is 0.113 e. The Balaban J connectivity index is 1.82. The average molecular weight is 271 g/mol. The number of hydrogen-bond donors (Lipinski definition) is 1. The molecule has 0 saturated carbocycles. The van der Waals surface area contributed by atoms with E-state index < -0.39 is 0 Å². The third kappa shape index (κ3) is 3.94. The van der Waals surface area contributed by atoms with Crippen molar-refractivity contribution in [2.24, 2.45) is 13.0 Å². The zero-order valence-corrected chi connectivity index (χ0v) is 12.8. The predicted molar refractivity (Wildman–Crippen MR) is 85.9 cm³/mol. The number of fused-ring (bicyclic) bond motifs is 1. The molecule has 0 atom stereocenters. The molecule has 0 spiro atoms. The van der Waals surface area contributed by atoms with E-state index in [1.165, 1.54) is 5.52 Å². The van der Waals surface area contributed by atoms with E-state index in [0.717, 1.165) is 43.2 Å². The second-order valence-electron chi connectivity index (χ2n) is 5.64. The Kier molecular flexibility index (Phi) is 5.36. The number of rotatable bonds is 7. The minimum atomic E-state index is 0.721. The molecule has 20 heavy (non-hydrogen) atoms. The third-order valence-electron chi connectivity index (χ3n) is 3.39. The van der Waals surface area contributed by atoms with E-state index in [1.54, 1.807) is 0 Å². The Morgan fingerprint density at radius 2 is 2.05 bits per heavy atom. The van der Waals surface area contributed by atoms with Gasteiger partial charge in [0.2, 0.25) is 0 Å². The molecule has 2 aromatic rings. The van der Waals surface area contributed by atoms with Gasteiger partial charge < -0.3 is 9.88 Å². The minimum absolute atomic E-state index is 0.721. The Labute approximate surface area is 121 Å². The highest BCUT2D eigenvalue weighted by atomic mass is 15.1. The van der Waals surface area contributed by atoms with Crippen LogP contribution in [0.15, 0.2) is 36.4 Å². The highest BCUT2D eigenvalue weighted by molar-refractivity contribution is 5.75. The topological polar surface area (TPSA) is 29.9 Å². The van der Waals surface area contributed by atoms with Crippen molar-refractivity contribution in [3.8, 4) is 0 Å². The fourth-order valence-electron chi connectivity index (χ4n) is 2.26. The van der Waals surface area contributed by atoms with E-state index in [-0.39, 0.29) is 0 Å². The monoisotopic (exact) mass is 271 g/mol. The van der Waals surface area contributed by atoms with Crippen LogP contribution in [0, 0.1) is 5.92 Å². The number of nitrogens with one attached hydrogen (secondary N) is 1. The van der Waals surface area contributed by atoms with Crippen LogP contribution >= 0.6 is 0 Å². The summed E-state index contributed by atoms with van der Waals surface area (Å²) in [6.07, 6.45) is 6.44. The first kappa shape index (κ1) is 14.8. The van der Waals surface area contributed by atoms with Crippen molar-refractivity contribution < 1.29 is 0 Å². The maximum Gasteiger partial charge on any atom is 0.113 e. The molecule has 1 aromatic heterocycles. The highest BCUT2D eigenvalue weighted by Crippen LogP contribution is 2.14. The molecule has 108 valence electrons. The molecule has 1 N–H and O–H groups in total. The second-order valence-corrected chi connectivity index (χ2v) is 5.64. The Morgan fingerprint density at radius 1 is 1.25 bits per heavy atom. The van der Waals surface area contributed by atoms with Crippen LogP contribution in [-0.2, 0) is 13.5 Å². The van der Waals surface area contributed by atoms with Crippen LogP contribution in [0.25, 0.3) is 11.0 Å². The number of imidazole rings is 1. The summed E-state index contributed by atoms with van der Waals surface area (Å²) in [7, 11) is 2.09. The number of allylic oxidation sites excluding steroid dienone is 1. The van der Waals surface area contributed by atoms with Gasteiger partial charge >= 0.3 is 0 Å². The SMILES string of the molecule is CC(C)CNCCC=CCc1nc2ccccc2n1C. The summed E-state index contributed by atoms with van der Waals surface area (Å²) in [5.74, 6) is 1.84. The van der Waals surface area contributed by atoms with Gasteiger partial charge in [-0.1, -0.05) is 38.1 Å².